The van der Waals surface area contributed by atoms with E-state index in [-0.39, 0.29) is 29.5 Å². The number of esters is 1. The molecule has 0 atom stereocenters. The summed E-state index contributed by atoms with van der Waals surface area (Å²) in [6.45, 7) is -0.0865. The first-order chi connectivity index (χ1) is 18.6. The van der Waals surface area contributed by atoms with Crippen molar-refractivity contribution >= 4 is 66.6 Å². The Morgan fingerprint density at radius 3 is 1.60 bits per heavy atom. The van der Waals surface area contributed by atoms with E-state index in [0.29, 0.717) is 0 Å². The zero-order valence-electron chi connectivity index (χ0n) is 20.6. The van der Waals surface area contributed by atoms with Crippen molar-refractivity contribution in [1.82, 2.24) is 0 Å². The van der Waals surface area contributed by atoms with Crippen LogP contribution in [0.3, 0.4) is 0 Å². The average molecular weight is 655 g/mol. The minimum atomic E-state index is -3.94. The van der Waals surface area contributed by atoms with Crippen molar-refractivity contribution in [2.45, 2.75) is 19.8 Å². The molecule has 2 aromatic carbocycles. The molecule has 0 saturated carbocycles. The summed E-state index contributed by atoms with van der Waals surface area (Å²) in [4.78, 5) is 22.4. The molecule has 0 heterocycles. The summed E-state index contributed by atoms with van der Waals surface area (Å²) < 4.78 is 106. The number of halogens is 6. The van der Waals surface area contributed by atoms with Crippen LogP contribution >= 0.6 is 23.2 Å². The summed E-state index contributed by atoms with van der Waals surface area (Å²) in [6, 6.07) is 4.30. The van der Waals surface area contributed by atoms with Crippen LogP contribution in [0.4, 0.5) is 28.9 Å². The number of nitrogens with one attached hydrogen (secondary N) is 2. The number of sulfonamides is 2. The zero-order valence-corrected chi connectivity index (χ0v) is 23.8. The molecule has 0 fully saturated rings. The smallest absolute Gasteiger partial charge is 0.342 e. The number of rotatable bonds is 13. The Morgan fingerprint density at radius 1 is 0.825 bits per heavy atom. The van der Waals surface area contributed by atoms with E-state index in [4.69, 9.17) is 28.3 Å². The Kier molecular flexibility index (Phi) is 13.9. The molecule has 0 spiro atoms. The van der Waals surface area contributed by atoms with Crippen molar-refractivity contribution < 1.29 is 53.8 Å². The van der Waals surface area contributed by atoms with Gasteiger partial charge in [0, 0.05) is 0 Å². The minimum Gasteiger partial charge on any atom is -0.478 e. The van der Waals surface area contributed by atoms with E-state index in [1.165, 1.54) is 13.0 Å². The first-order valence-electron chi connectivity index (χ1n) is 11.1. The molecule has 2 aromatic rings. The fraction of sp³-hybridized carbons (Fsp3) is 0.364. The van der Waals surface area contributed by atoms with Crippen LogP contribution in [-0.4, -0.2) is 65.3 Å². The third-order valence-corrected chi connectivity index (χ3v) is 7.84. The monoisotopic (exact) mass is 654 g/mol. The molecule has 40 heavy (non-hydrogen) atoms. The summed E-state index contributed by atoms with van der Waals surface area (Å²) in [5.41, 5.74) is -2.36. The molecule has 224 valence electrons. The van der Waals surface area contributed by atoms with Crippen molar-refractivity contribution in [2.75, 3.05) is 40.9 Å². The summed E-state index contributed by atoms with van der Waals surface area (Å²) in [6.07, 6.45) is -0.453. The maximum absolute atomic E-state index is 14.2. The number of anilines is 2. The topological polar surface area (TPSA) is 156 Å². The van der Waals surface area contributed by atoms with Gasteiger partial charge in [0.1, 0.15) is 11.1 Å². The summed E-state index contributed by atoms with van der Waals surface area (Å²) in [5.74, 6) is -6.07. The average Bonchev–Trinajstić information content (AvgIpc) is 2.85. The molecule has 2 rings (SSSR count). The normalized spacial score (nSPS) is 11.3. The van der Waals surface area contributed by atoms with E-state index in [2.05, 4.69) is 4.74 Å². The van der Waals surface area contributed by atoms with Gasteiger partial charge < -0.3 is 9.84 Å². The van der Waals surface area contributed by atoms with Gasteiger partial charge in [-0.15, -0.1) is 0 Å². The lowest BCUT2D eigenvalue weighted by atomic mass is 10.2. The molecule has 10 nitrogen and oxygen atoms in total. The fourth-order valence-electron chi connectivity index (χ4n) is 2.78. The van der Waals surface area contributed by atoms with Crippen LogP contribution in [0, 0.1) is 11.6 Å². The van der Waals surface area contributed by atoms with Crippen molar-refractivity contribution in [3.05, 3.63) is 57.1 Å². The Bertz CT molecular complexity index is 1430. The number of carboxylic acids is 1. The maximum atomic E-state index is 14.2. The van der Waals surface area contributed by atoms with Crippen molar-refractivity contribution in [3.8, 4) is 0 Å². The second-order valence-electron chi connectivity index (χ2n) is 7.52. The Balaban J connectivity index is 0.000000402. The number of benzene rings is 2. The van der Waals surface area contributed by atoms with Crippen molar-refractivity contribution in [2.24, 2.45) is 0 Å². The van der Waals surface area contributed by atoms with Gasteiger partial charge in [-0.25, -0.2) is 35.2 Å². The maximum Gasteiger partial charge on any atom is 0.342 e. The Morgan fingerprint density at radius 2 is 1.23 bits per heavy atom. The van der Waals surface area contributed by atoms with E-state index in [9.17, 15) is 44.0 Å². The number of hydrogen-bond acceptors (Lipinski definition) is 7. The lowest BCUT2D eigenvalue weighted by Crippen LogP contribution is -2.19. The molecule has 0 aliphatic rings. The van der Waals surface area contributed by atoms with Crippen LogP contribution in [0.15, 0.2) is 24.3 Å². The molecule has 3 N–H and O–H groups in total. The first kappa shape index (κ1) is 35.2. The number of carbonyl (C=O) groups excluding carboxylic acids is 1. The standard InChI is InChI=1S/C12H14ClF2NO4S.C10H10ClF2NO4S/c1-2-20-12(17)10-8(13)4-5-9(11(10)15)16-21(18,19)7-3-6-14;11-6-2-3-7(9(13)8(6)10(15)16)14-19(17,18)5-1-4-12/h4-5,16H,2-3,6-7H2,1H3;2-3,14H,1,4-5H2,(H,15,16). The molecular formula is C22H24Cl2F4N2O8S2. The van der Waals surface area contributed by atoms with E-state index < -0.39 is 91.0 Å². The number of hydrogen-bond donors (Lipinski definition) is 3. The lowest BCUT2D eigenvalue weighted by molar-refractivity contribution is 0.0520. The molecule has 0 bridgehead atoms. The van der Waals surface area contributed by atoms with Gasteiger partial charge in [-0.3, -0.25) is 18.2 Å². The molecular weight excluding hydrogens is 631 g/mol. The van der Waals surface area contributed by atoms with Gasteiger partial charge in [-0.05, 0) is 44.0 Å². The van der Waals surface area contributed by atoms with E-state index >= 15 is 0 Å². The number of carbonyl (C=O) groups is 2. The Hall–Kier alpha value is -2.82. The van der Waals surface area contributed by atoms with Gasteiger partial charge in [-0.1, -0.05) is 23.2 Å². The highest BCUT2D eigenvalue weighted by molar-refractivity contribution is 7.92. The van der Waals surface area contributed by atoms with E-state index in [1.54, 1.807) is 0 Å². The molecule has 18 heteroatoms. The summed E-state index contributed by atoms with van der Waals surface area (Å²) >= 11 is 11.2. The molecule has 0 amide bonds. The van der Waals surface area contributed by atoms with Crippen LogP contribution in [0.2, 0.25) is 10.0 Å². The second kappa shape index (κ2) is 15.8. The summed E-state index contributed by atoms with van der Waals surface area (Å²) in [5, 5.41) is 8.21. The van der Waals surface area contributed by atoms with Crippen LogP contribution in [0.25, 0.3) is 0 Å². The van der Waals surface area contributed by atoms with E-state index in [1.807, 2.05) is 9.44 Å². The van der Waals surface area contributed by atoms with Crippen LogP contribution in [0.1, 0.15) is 40.5 Å². The highest BCUT2D eigenvalue weighted by atomic mass is 35.5. The molecule has 0 aromatic heterocycles. The van der Waals surface area contributed by atoms with Crippen molar-refractivity contribution in [3.63, 3.8) is 0 Å². The van der Waals surface area contributed by atoms with E-state index in [0.717, 1.165) is 18.2 Å². The largest absolute Gasteiger partial charge is 0.478 e. The van der Waals surface area contributed by atoms with Gasteiger partial charge in [-0.2, -0.15) is 0 Å². The molecule has 0 aliphatic heterocycles. The highest BCUT2D eigenvalue weighted by Gasteiger charge is 2.23. The summed E-state index contributed by atoms with van der Waals surface area (Å²) in [7, 11) is -7.85. The number of alkyl halides is 2. The first-order valence-corrected chi connectivity index (χ1v) is 15.2. The lowest BCUT2D eigenvalue weighted by Gasteiger charge is -2.12. The van der Waals surface area contributed by atoms with Crippen LogP contribution in [0.5, 0.6) is 0 Å². The van der Waals surface area contributed by atoms with Crippen LogP contribution in [-0.2, 0) is 24.8 Å². The molecule has 0 radical (unpaired) electrons. The Labute approximate surface area is 237 Å². The zero-order chi connectivity index (χ0) is 30.7. The minimum absolute atomic E-state index is 0.0149. The predicted octanol–water partition coefficient (Wildman–Crippen LogP) is 5.04. The molecule has 0 saturated heterocycles. The molecule has 0 aliphatic carbocycles. The van der Waals surface area contributed by atoms with Gasteiger partial charge in [0.2, 0.25) is 20.0 Å². The SMILES string of the molecule is CCOC(=O)c1c(Cl)ccc(NS(=O)(=O)CCCF)c1F.O=C(O)c1c(Cl)ccc(NS(=O)(=O)CCCF)c1F. The second-order valence-corrected chi connectivity index (χ2v) is 12.0. The fourth-order valence-corrected chi connectivity index (χ4v) is 5.39. The number of carboxylic acid groups (broad SMARTS) is 1. The highest BCUT2D eigenvalue weighted by Crippen LogP contribution is 2.28. The van der Waals surface area contributed by atoms with Gasteiger partial charge in [0.25, 0.3) is 0 Å². The van der Waals surface area contributed by atoms with Gasteiger partial charge in [0.05, 0.1) is 52.9 Å². The predicted molar refractivity (Wildman–Crippen MR) is 142 cm³/mol. The van der Waals surface area contributed by atoms with Gasteiger partial charge >= 0.3 is 11.9 Å². The third-order valence-electron chi connectivity index (χ3n) is 4.50. The van der Waals surface area contributed by atoms with Crippen molar-refractivity contribution in [1.29, 1.82) is 0 Å². The van der Waals surface area contributed by atoms with Crippen LogP contribution < -0.4 is 9.44 Å². The number of aromatic carboxylic acids is 1. The third kappa shape index (κ3) is 10.6. The number of ether oxygens (including phenoxy) is 1. The van der Waals surface area contributed by atoms with Gasteiger partial charge in [0.15, 0.2) is 11.6 Å². The molecule has 0 unspecified atom stereocenters. The quantitative estimate of drug-likeness (QED) is 0.200.